The molecule has 3 fully saturated rings. The van der Waals surface area contributed by atoms with Crippen LogP contribution in [-0.2, 0) is 104 Å². The molecule has 3 aliphatic heterocycles. The molecule has 0 aliphatic carbocycles. The Morgan fingerprint density at radius 3 is 0.953 bits per heavy atom. The minimum Gasteiger partial charge on any atom is -0.387 e. The van der Waals surface area contributed by atoms with Crippen molar-refractivity contribution in [2.75, 3.05) is 150 Å². The Kier molecular flexibility index (Phi) is 44.8. The second kappa shape index (κ2) is 49.1. The van der Waals surface area contributed by atoms with Crippen LogP contribution < -0.4 is 31.9 Å². The zero-order chi connectivity index (χ0) is 80.1. The third kappa shape index (κ3) is 38.2. The summed E-state index contributed by atoms with van der Waals surface area (Å²) in [7, 11) is -13.5. The molecule has 3 heterocycles. The van der Waals surface area contributed by atoms with Crippen LogP contribution in [0.5, 0.6) is 0 Å². The minimum absolute atomic E-state index is 0.00426. The fraction of sp³-hybridized carbons (Fsp3) is 0.902. The van der Waals surface area contributed by atoms with Gasteiger partial charge in [-0.3, -0.25) is 42.5 Å². The summed E-state index contributed by atoms with van der Waals surface area (Å²) in [6, 6.07) is 0. The summed E-state index contributed by atoms with van der Waals surface area (Å²) in [6.45, 7) is 5.42. The van der Waals surface area contributed by atoms with E-state index in [9.17, 15) is 118 Å². The third-order valence-electron chi connectivity index (χ3n) is 16.5. The monoisotopic (exact) mass is 1620 g/mol. The summed E-state index contributed by atoms with van der Waals surface area (Å²) in [5, 5.41) is 111. The molecule has 46 heteroatoms. The highest BCUT2D eigenvalue weighted by Gasteiger charge is 2.59. The van der Waals surface area contributed by atoms with Gasteiger partial charge in [-0.25, -0.2) is 0 Å². The van der Waals surface area contributed by atoms with E-state index in [-0.39, 0.29) is 169 Å². The molecule has 3 aliphatic rings. The Balaban J connectivity index is 1.39. The first-order valence-corrected chi connectivity index (χ1v) is 40.5. The largest absolute Gasteiger partial charge is 0.387 e. The van der Waals surface area contributed by atoms with E-state index in [2.05, 4.69) is 31.9 Å². The van der Waals surface area contributed by atoms with Crippen LogP contribution in [0, 0.1) is 5.41 Å². The standard InChI is InChI=1S/C61H115N6O37P3/c1-40(68)65-59(80)52(77)49(74)43(14-34-105(83,84)85)102-55(59)99-20-10-8-6-5-7-9-17-62-46(71)11-21-96-37-58(4,38-97-22-12-47(72)63-18-24-92-26-28-94-30-32-100-56-60(81,66-41(2)69)53(78)50(75)44(103-56)15-35-106(86,87)88)39-98-23-13-48(73)64-19-25-93-27-29-95-31-33-101-57-61(82,67-42(3)70)54(79)51(76)45(104-57)16-36-107(89,90)91/h43-45,49-57,74-82H,5-39H2,1-4H3,(H,62,71)(H,63,72)(H,64,73)(H,65,68)(H,66,69)(H,67,70)(H2,83,84,85)(H2,86,87,88)(H2,89,90,91). The molecule has 0 aromatic carbocycles. The Morgan fingerprint density at radius 2 is 0.645 bits per heavy atom. The number of carbonyl (C=O) groups is 6. The molecule has 107 heavy (non-hydrogen) atoms. The number of carbonyl (C=O) groups excluding carboxylic acids is 6. The maximum Gasteiger partial charge on any atom is 0.325 e. The van der Waals surface area contributed by atoms with Gasteiger partial charge in [-0.05, 0) is 32.1 Å². The fourth-order valence-corrected chi connectivity index (χ4v) is 12.7. The van der Waals surface area contributed by atoms with Crippen molar-refractivity contribution >= 4 is 58.2 Å². The summed E-state index contributed by atoms with van der Waals surface area (Å²) < 4.78 is 107. The third-order valence-corrected chi connectivity index (χ3v) is 19.0. The van der Waals surface area contributed by atoms with Gasteiger partial charge in [0.1, 0.15) is 36.6 Å². The predicted octanol–water partition coefficient (Wildman–Crippen LogP) is -6.46. The van der Waals surface area contributed by atoms with Gasteiger partial charge in [0.25, 0.3) is 0 Å². The number of rotatable bonds is 57. The van der Waals surface area contributed by atoms with Crippen LogP contribution >= 0.6 is 22.8 Å². The minimum atomic E-state index is -4.53. The maximum absolute atomic E-state index is 12.8. The first-order valence-electron chi connectivity index (χ1n) is 35.1. The highest BCUT2D eigenvalue weighted by molar-refractivity contribution is 7.52. The lowest BCUT2D eigenvalue weighted by Crippen LogP contribution is -2.73. The van der Waals surface area contributed by atoms with E-state index in [0.717, 1.165) is 40.0 Å². The van der Waals surface area contributed by atoms with E-state index < -0.39 is 168 Å². The van der Waals surface area contributed by atoms with Crippen LogP contribution in [0.15, 0.2) is 0 Å². The fourth-order valence-electron chi connectivity index (χ4n) is 11.0. The van der Waals surface area contributed by atoms with Gasteiger partial charge in [0.2, 0.25) is 71.5 Å². The molecule has 0 aromatic heterocycles. The normalized spacial score (nSPS) is 27.6. The number of hydrogen-bond donors (Lipinski definition) is 21. The smallest absolute Gasteiger partial charge is 0.325 e. The average molecular weight is 1620 g/mol. The van der Waals surface area contributed by atoms with Gasteiger partial charge in [-0.1, -0.05) is 32.6 Å². The second-order valence-corrected chi connectivity index (χ2v) is 31.7. The molecule has 0 aromatic rings. The molecule has 21 N–H and O–H groups in total. The van der Waals surface area contributed by atoms with Crippen molar-refractivity contribution in [3.05, 3.63) is 0 Å². The molecule has 15 unspecified atom stereocenters. The second-order valence-electron chi connectivity index (χ2n) is 26.3. The molecule has 0 spiro atoms. The molecular formula is C61H115N6O37P3. The lowest BCUT2D eigenvalue weighted by Gasteiger charge is -2.48. The topological polar surface area (TPSA) is 649 Å². The lowest BCUT2D eigenvalue weighted by molar-refractivity contribution is -0.345. The van der Waals surface area contributed by atoms with E-state index in [1.165, 1.54) is 0 Å². The predicted molar refractivity (Wildman–Crippen MR) is 365 cm³/mol. The molecule has 0 radical (unpaired) electrons. The van der Waals surface area contributed by atoms with Crippen LogP contribution in [0.1, 0.15) is 105 Å². The van der Waals surface area contributed by atoms with Crippen LogP contribution in [0.4, 0.5) is 0 Å². The summed E-state index contributed by atoms with van der Waals surface area (Å²) in [5.41, 5.74) is -8.63. The summed E-state index contributed by atoms with van der Waals surface area (Å²) in [5.74, 6) is -3.35. The number of ether oxygens (including phenoxy) is 13. The summed E-state index contributed by atoms with van der Waals surface area (Å²) >= 11 is 0. The molecule has 0 bridgehead atoms. The SMILES string of the molecule is CC(=O)NC1(O)C(OCCCCCCCCNC(=O)CCOCC(C)(COCCC(=O)NCCOCCOCCOC2OC(CCP(=O)(O)O)C(O)C(O)C2(O)NC(C)=O)COCCC(=O)NCCOCCOCCOC2OC(CCP(=O)(O)O)C(O)C(O)C2(O)NC(C)=O)OC(CCP(=O)(O)O)C(O)C1O. The number of amides is 6. The Labute approximate surface area is 619 Å². The lowest BCUT2D eigenvalue weighted by atomic mass is 9.92. The summed E-state index contributed by atoms with van der Waals surface area (Å²) in [4.78, 5) is 129. The molecule has 15 atom stereocenters. The van der Waals surface area contributed by atoms with Gasteiger partial charge in [-0.2, -0.15) is 0 Å². The average Bonchev–Trinajstić information content (AvgIpc) is 0.781. The van der Waals surface area contributed by atoms with Gasteiger partial charge in [0.15, 0.2) is 0 Å². The van der Waals surface area contributed by atoms with Crippen LogP contribution in [-0.4, -0.2) is 352 Å². The van der Waals surface area contributed by atoms with Gasteiger partial charge >= 0.3 is 22.8 Å². The molecule has 626 valence electrons. The van der Waals surface area contributed by atoms with Gasteiger partial charge < -0.3 is 169 Å². The Hall–Kier alpha value is -3.61. The number of unbranched alkanes of at least 4 members (excludes halogenated alkanes) is 5. The van der Waals surface area contributed by atoms with Crippen molar-refractivity contribution in [2.45, 2.75) is 196 Å². The van der Waals surface area contributed by atoms with Crippen LogP contribution in [0.3, 0.4) is 0 Å². The molecule has 6 amide bonds. The molecule has 0 saturated carbocycles. The number of nitrogens with one attached hydrogen (secondary N) is 6. The highest BCUT2D eigenvalue weighted by Crippen LogP contribution is 2.41. The zero-order valence-electron chi connectivity index (χ0n) is 60.7. The van der Waals surface area contributed by atoms with E-state index >= 15 is 0 Å². The molecule has 3 saturated heterocycles. The van der Waals surface area contributed by atoms with E-state index in [0.29, 0.717) is 25.8 Å². The van der Waals surface area contributed by atoms with Crippen LogP contribution in [0.25, 0.3) is 0 Å². The van der Waals surface area contributed by atoms with Gasteiger partial charge in [0.05, 0.1) is 143 Å². The molecular weight excluding hydrogens is 1500 g/mol. The first kappa shape index (κ1) is 97.6. The van der Waals surface area contributed by atoms with Crippen molar-refractivity contribution < 1.29 is 179 Å². The van der Waals surface area contributed by atoms with Crippen molar-refractivity contribution in [2.24, 2.45) is 5.41 Å². The Bertz CT molecular complexity index is 2500. The molecule has 43 nitrogen and oxygen atoms in total. The van der Waals surface area contributed by atoms with E-state index in [1.807, 2.05) is 0 Å². The Morgan fingerprint density at radius 1 is 0.374 bits per heavy atom. The van der Waals surface area contributed by atoms with Crippen molar-refractivity contribution in [1.29, 1.82) is 0 Å². The summed E-state index contributed by atoms with van der Waals surface area (Å²) in [6.07, 6.45) is -20.1. The van der Waals surface area contributed by atoms with E-state index in [4.69, 9.17) is 61.6 Å². The highest BCUT2D eigenvalue weighted by atomic mass is 31.2. The van der Waals surface area contributed by atoms with Crippen LogP contribution in [0.2, 0.25) is 0 Å². The van der Waals surface area contributed by atoms with Gasteiger partial charge in [-0.15, -0.1) is 0 Å². The zero-order valence-corrected chi connectivity index (χ0v) is 63.4. The quantitative estimate of drug-likeness (QED) is 0.0153. The maximum atomic E-state index is 12.8. The van der Waals surface area contributed by atoms with Crippen molar-refractivity contribution in [3.63, 3.8) is 0 Å². The van der Waals surface area contributed by atoms with Crippen molar-refractivity contribution in [1.82, 2.24) is 31.9 Å². The van der Waals surface area contributed by atoms with E-state index in [1.54, 1.807) is 6.92 Å². The number of aliphatic hydroxyl groups is 9. The first-order chi connectivity index (χ1) is 50.1. The van der Waals surface area contributed by atoms with Gasteiger partial charge in [0, 0.05) is 71.7 Å². The number of hydrogen-bond acceptors (Lipinski definition) is 31. The van der Waals surface area contributed by atoms with Crippen molar-refractivity contribution in [3.8, 4) is 0 Å². The molecule has 3 rings (SSSR count). The number of aliphatic hydroxyl groups excluding tert-OH is 6.